The molecule has 11 heavy (non-hydrogen) atoms. The van der Waals surface area contributed by atoms with Crippen LogP contribution in [0.1, 0.15) is 39.0 Å². The van der Waals surface area contributed by atoms with Gasteiger partial charge in [-0.1, -0.05) is 6.42 Å². The van der Waals surface area contributed by atoms with Crippen LogP contribution in [0, 0.1) is 0 Å². The zero-order valence-electron chi connectivity index (χ0n) is 7.14. The Hall–Kier alpha value is 0.269. The minimum atomic E-state index is -0.132. The molecule has 1 saturated carbocycles. The van der Waals surface area contributed by atoms with Crippen molar-refractivity contribution in [1.82, 2.24) is 0 Å². The third kappa shape index (κ3) is 4.66. The van der Waals surface area contributed by atoms with Crippen LogP contribution in [0.3, 0.4) is 0 Å². The molecule has 0 aromatic heterocycles. The molecule has 64 valence electrons. The summed E-state index contributed by atoms with van der Waals surface area (Å²) in [6.07, 6.45) is 6.11. The van der Waals surface area contributed by atoms with E-state index < -0.39 is 0 Å². The Bertz CT molecular complexity index is 119. The fourth-order valence-corrected chi connectivity index (χ4v) is 1.42. The van der Waals surface area contributed by atoms with Gasteiger partial charge >= 0.3 is 29.9 Å². The van der Waals surface area contributed by atoms with Crippen molar-refractivity contribution < 1.29 is 9.53 Å². The second-order valence-electron chi connectivity index (χ2n) is 2.87. The number of carbonyl (C=O) groups is 1. The molecule has 0 heterocycles. The Labute approximate surface area is 84.6 Å². The molecule has 2 nitrogen and oxygen atoms in total. The van der Waals surface area contributed by atoms with Crippen LogP contribution in [0.15, 0.2) is 0 Å². The maximum atomic E-state index is 10.5. The Morgan fingerprint density at radius 3 is 2.27 bits per heavy atom. The second-order valence-corrected chi connectivity index (χ2v) is 2.87. The van der Waals surface area contributed by atoms with Gasteiger partial charge in [-0.3, -0.25) is 4.79 Å². The van der Waals surface area contributed by atoms with Crippen molar-refractivity contribution in [3.8, 4) is 0 Å². The Kier molecular flexibility index (Phi) is 6.00. The standard InChI is InChI=1S/C8H14O2.Sn.2H/c1-7(9)10-8-5-3-2-4-6-8;;;/h8H,2-6H2,1H3;;;. The third-order valence-corrected chi connectivity index (χ3v) is 1.88. The number of esters is 1. The van der Waals surface area contributed by atoms with Crippen LogP contribution >= 0.6 is 0 Å². The van der Waals surface area contributed by atoms with Gasteiger partial charge in [0.2, 0.25) is 0 Å². The molecule has 0 atom stereocenters. The fraction of sp³-hybridized carbons (Fsp3) is 0.875. The van der Waals surface area contributed by atoms with E-state index >= 15 is 0 Å². The summed E-state index contributed by atoms with van der Waals surface area (Å²) < 4.78 is 5.05. The van der Waals surface area contributed by atoms with Crippen LogP contribution in [0.4, 0.5) is 0 Å². The van der Waals surface area contributed by atoms with Gasteiger partial charge in [0.1, 0.15) is 6.10 Å². The van der Waals surface area contributed by atoms with E-state index in [-0.39, 0.29) is 36.0 Å². The summed E-state index contributed by atoms with van der Waals surface area (Å²) in [5, 5.41) is 0. The van der Waals surface area contributed by atoms with E-state index in [1.165, 1.54) is 26.2 Å². The summed E-state index contributed by atoms with van der Waals surface area (Å²) >= 11 is 0. The predicted octanol–water partition coefficient (Wildman–Crippen LogP) is 0.966. The average Bonchev–Trinajstić information content (AvgIpc) is 1.88. The third-order valence-electron chi connectivity index (χ3n) is 1.88. The first-order valence-corrected chi connectivity index (χ1v) is 3.96. The molecule has 2 radical (unpaired) electrons. The second kappa shape index (κ2) is 5.86. The average molecular weight is 263 g/mol. The summed E-state index contributed by atoms with van der Waals surface area (Å²) in [5.41, 5.74) is 0. The van der Waals surface area contributed by atoms with E-state index in [9.17, 15) is 4.79 Å². The Morgan fingerprint density at radius 1 is 1.27 bits per heavy atom. The van der Waals surface area contributed by atoms with Gasteiger partial charge in [0, 0.05) is 6.92 Å². The zero-order valence-corrected chi connectivity index (χ0v) is 11.2. The van der Waals surface area contributed by atoms with Gasteiger partial charge in [-0.2, -0.15) is 0 Å². The molecule has 1 fully saturated rings. The van der Waals surface area contributed by atoms with E-state index in [4.69, 9.17) is 4.74 Å². The summed E-state index contributed by atoms with van der Waals surface area (Å²) in [6, 6.07) is 0. The van der Waals surface area contributed by atoms with Crippen molar-refractivity contribution in [1.29, 1.82) is 0 Å². The van der Waals surface area contributed by atoms with Crippen LogP contribution in [-0.2, 0) is 9.53 Å². The number of hydrogen-bond acceptors (Lipinski definition) is 2. The van der Waals surface area contributed by atoms with Gasteiger partial charge in [0.25, 0.3) is 0 Å². The molecular formula is C8H16O2Sn. The molecule has 0 unspecified atom stereocenters. The Morgan fingerprint density at radius 2 is 1.82 bits per heavy atom. The van der Waals surface area contributed by atoms with E-state index in [0.717, 1.165) is 12.8 Å². The zero-order chi connectivity index (χ0) is 7.40. The van der Waals surface area contributed by atoms with Crippen molar-refractivity contribution in [2.24, 2.45) is 0 Å². The SMILES string of the molecule is CC(=O)OC1CCCCC1.[SnH2]. The van der Waals surface area contributed by atoms with Gasteiger partial charge in [-0.05, 0) is 25.7 Å². The molecule has 0 aromatic carbocycles. The van der Waals surface area contributed by atoms with Gasteiger partial charge in [0.05, 0.1) is 0 Å². The van der Waals surface area contributed by atoms with Crippen LogP contribution in [-0.4, -0.2) is 36.0 Å². The van der Waals surface area contributed by atoms with Gasteiger partial charge < -0.3 is 4.74 Å². The van der Waals surface area contributed by atoms with Gasteiger partial charge in [0.15, 0.2) is 0 Å². The van der Waals surface area contributed by atoms with Crippen LogP contribution < -0.4 is 0 Å². The van der Waals surface area contributed by atoms with Crippen LogP contribution in [0.2, 0.25) is 0 Å². The topological polar surface area (TPSA) is 26.3 Å². The quantitative estimate of drug-likeness (QED) is 0.520. The van der Waals surface area contributed by atoms with Crippen LogP contribution in [0.25, 0.3) is 0 Å². The van der Waals surface area contributed by atoms with Crippen molar-refractivity contribution in [2.75, 3.05) is 0 Å². The molecule has 1 aliphatic carbocycles. The molecule has 0 saturated heterocycles. The molecule has 0 amide bonds. The minimum absolute atomic E-state index is 0. The first-order valence-electron chi connectivity index (χ1n) is 3.96. The first kappa shape index (κ1) is 11.3. The molecule has 3 heteroatoms. The maximum absolute atomic E-state index is 10.5. The summed E-state index contributed by atoms with van der Waals surface area (Å²) in [7, 11) is 0. The number of rotatable bonds is 1. The van der Waals surface area contributed by atoms with E-state index in [2.05, 4.69) is 0 Å². The van der Waals surface area contributed by atoms with Crippen molar-refractivity contribution in [3.05, 3.63) is 0 Å². The first-order chi connectivity index (χ1) is 4.79. The molecule has 0 bridgehead atoms. The van der Waals surface area contributed by atoms with Gasteiger partial charge in [-0.15, -0.1) is 0 Å². The van der Waals surface area contributed by atoms with Crippen molar-refractivity contribution in [2.45, 2.75) is 45.1 Å². The van der Waals surface area contributed by atoms with E-state index in [1.807, 2.05) is 0 Å². The molecule has 0 aromatic rings. The van der Waals surface area contributed by atoms with Crippen molar-refractivity contribution in [3.63, 3.8) is 0 Å². The van der Waals surface area contributed by atoms with E-state index in [0.29, 0.717) is 0 Å². The van der Waals surface area contributed by atoms with E-state index in [1.54, 1.807) is 0 Å². The number of carbonyl (C=O) groups excluding carboxylic acids is 1. The predicted molar refractivity (Wildman–Crippen MR) is 47.2 cm³/mol. The number of hydrogen-bond donors (Lipinski definition) is 0. The summed E-state index contributed by atoms with van der Waals surface area (Å²) in [6.45, 7) is 1.48. The Balaban J connectivity index is 0.000001000. The monoisotopic (exact) mass is 264 g/mol. The molecule has 0 aliphatic heterocycles. The fourth-order valence-electron chi connectivity index (χ4n) is 1.42. The molecule has 0 N–H and O–H groups in total. The molecule has 0 spiro atoms. The summed E-state index contributed by atoms with van der Waals surface area (Å²) in [4.78, 5) is 10.5. The van der Waals surface area contributed by atoms with Crippen LogP contribution in [0.5, 0.6) is 0 Å². The van der Waals surface area contributed by atoms with Crippen molar-refractivity contribution >= 4 is 29.9 Å². The summed E-state index contributed by atoms with van der Waals surface area (Å²) in [5.74, 6) is -0.132. The number of ether oxygens (including phenoxy) is 1. The normalized spacial score (nSPS) is 18.6. The molecular weight excluding hydrogens is 247 g/mol. The molecule has 1 rings (SSSR count). The molecule has 1 aliphatic rings. The van der Waals surface area contributed by atoms with Gasteiger partial charge in [-0.25, -0.2) is 0 Å².